The van der Waals surface area contributed by atoms with Crippen LogP contribution in [-0.2, 0) is 19.1 Å². The van der Waals surface area contributed by atoms with Gasteiger partial charge in [-0.1, -0.05) is 36.4 Å². The maximum atomic E-state index is 14.0. The van der Waals surface area contributed by atoms with Crippen molar-refractivity contribution in [2.45, 2.75) is 84.5 Å². The molecule has 1 fully saturated rings. The van der Waals surface area contributed by atoms with Gasteiger partial charge in [-0.2, -0.15) is 0 Å². The highest BCUT2D eigenvalue weighted by Crippen LogP contribution is 2.40. The van der Waals surface area contributed by atoms with Crippen LogP contribution in [0.3, 0.4) is 0 Å². The van der Waals surface area contributed by atoms with Gasteiger partial charge in [0.15, 0.2) is 0 Å². The highest BCUT2D eigenvalue weighted by Gasteiger charge is 2.45. The lowest BCUT2D eigenvalue weighted by molar-refractivity contribution is -0.142. The van der Waals surface area contributed by atoms with E-state index in [1.54, 1.807) is 45.9 Å². The Morgan fingerprint density at radius 3 is 2.13 bits per heavy atom. The lowest BCUT2D eigenvalue weighted by atomic mass is 9.98. The molecule has 210 valence electrons. The summed E-state index contributed by atoms with van der Waals surface area (Å²) in [5.41, 5.74) is 7.61. The van der Waals surface area contributed by atoms with Crippen molar-refractivity contribution in [1.82, 2.24) is 10.2 Å². The number of primary amides is 1. The fourth-order valence-corrected chi connectivity index (χ4v) is 4.42. The van der Waals surface area contributed by atoms with Crippen molar-refractivity contribution in [3.05, 3.63) is 58.7 Å². The van der Waals surface area contributed by atoms with E-state index in [4.69, 9.17) is 10.5 Å². The Labute approximate surface area is 228 Å². The smallest absolute Gasteiger partial charge is 0.408 e. The molecule has 10 nitrogen and oxygen atoms in total. The first-order chi connectivity index (χ1) is 18.2. The summed E-state index contributed by atoms with van der Waals surface area (Å²) in [4.78, 5) is 53.9. The van der Waals surface area contributed by atoms with Crippen LogP contribution in [-0.4, -0.2) is 51.5 Å². The van der Waals surface area contributed by atoms with Gasteiger partial charge in [0.2, 0.25) is 11.8 Å². The second-order valence-electron chi connectivity index (χ2n) is 11.0. The monoisotopic (exact) mass is 538 g/mol. The number of phenols is 1. The molecule has 2 aromatic carbocycles. The average molecular weight is 539 g/mol. The number of benzene rings is 2. The maximum Gasteiger partial charge on any atom is 0.408 e. The number of amides is 4. The number of carbonyl (C=O) groups is 4. The summed E-state index contributed by atoms with van der Waals surface area (Å²) in [7, 11) is 0. The first-order valence-corrected chi connectivity index (χ1v) is 12.9. The number of hydrogen-bond donors (Lipinski definition) is 4. The van der Waals surface area contributed by atoms with Crippen LogP contribution in [0.2, 0.25) is 0 Å². The van der Waals surface area contributed by atoms with E-state index in [2.05, 4.69) is 10.6 Å². The van der Waals surface area contributed by atoms with Gasteiger partial charge >= 0.3 is 6.09 Å². The zero-order chi connectivity index (χ0) is 29.1. The van der Waals surface area contributed by atoms with Gasteiger partial charge in [-0.15, -0.1) is 0 Å². The number of alkyl carbamates (subject to hydrolysis) is 1. The number of hydrogen-bond acceptors (Lipinski definition) is 6. The second-order valence-corrected chi connectivity index (χ2v) is 11.0. The number of para-hydroxylation sites is 2. The SMILES string of the molecule is Cc1cccc(C(C(=O)Nc2c(C)cccc2C)N(C(=O)C(CC(N)=O)NC(=O)OC(C)(C)C)C2CC2)c1O. The van der Waals surface area contributed by atoms with Gasteiger partial charge in [0, 0.05) is 17.3 Å². The molecule has 1 aliphatic carbocycles. The minimum atomic E-state index is -1.37. The van der Waals surface area contributed by atoms with Gasteiger partial charge < -0.3 is 31.1 Å². The quantitative estimate of drug-likeness (QED) is 0.382. The lowest BCUT2D eigenvalue weighted by Crippen LogP contribution is -2.54. The molecule has 0 heterocycles. The Kier molecular flexibility index (Phi) is 8.88. The number of nitrogens with two attached hydrogens (primary N) is 1. The normalized spacial score (nSPS) is 14.6. The predicted octanol–water partition coefficient (Wildman–Crippen LogP) is 3.76. The Balaban J connectivity index is 2.07. The summed E-state index contributed by atoms with van der Waals surface area (Å²) in [6.07, 6.45) is -0.165. The molecule has 5 N–H and O–H groups in total. The Morgan fingerprint density at radius 1 is 1.03 bits per heavy atom. The van der Waals surface area contributed by atoms with Crippen LogP contribution >= 0.6 is 0 Å². The summed E-state index contributed by atoms with van der Waals surface area (Å²) >= 11 is 0. The van der Waals surface area contributed by atoms with Crippen molar-refractivity contribution >= 4 is 29.5 Å². The molecule has 1 aliphatic rings. The Morgan fingerprint density at radius 2 is 1.59 bits per heavy atom. The molecule has 0 aromatic heterocycles. The average Bonchev–Trinajstić information content (AvgIpc) is 3.64. The topological polar surface area (TPSA) is 151 Å². The van der Waals surface area contributed by atoms with Crippen molar-refractivity contribution in [1.29, 1.82) is 0 Å². The van der Waals surface area contributed by atoms with Crippen LogP contribution in [0, 0.1) is 20.8 Å². The number of rotatable bonds is 9. The summed E-state index contributed by atoms with van der Waals surface area (Å²) in [5.74, 6) is -2.15. The first kappa shape index (κ1) is 29.5. The van der Waals surface area contributed by atoms with E-state index in [1.807, 2.05) is 32.0 Å². The number of nitrogens with zero attached hydrogens (tertiary/aromatic N) is 1. The minimum Gasteiger partial charge on any atom is -0.507 e. The Bertz CT molecular complexity index is 1240. The zero-order valence-electron chi connectivity index (χ0n) is 23.3. The van der Waals surface area contributed by atoms with Crippen LogP contribution in [0.5, 0.6) is 5.75 Å². The van der Waals surface area contributed by atoms with Crippen molar-refractivity contribution in [3.63, 3.8) is 0 Å². The van der Waals surface area contributed by atoms with Crippen LogP contribution in [0.4, 0.5) is 10.5 Å². The number of nitrogens with one attached hydrogen (secondary N) is 2. The number of carbonyl (C=O) groups excluding carboxylic acids is 4. The molecular weight excluding hydrogens is 500 g/mol. The van der Waals surface area contributed by atoms with Gasteiger partial charge in [0.05, 0.1) is 6.42 Å². The minimum absolute atomic E-state index is 0.121. The fraction of sp³-hybridized carbons (Fsp3) is 0.448. The molecule has 3 rings (SSSR count). The van der Waals surface area contributed by atoms with Crippen LogP contribution in [0.25, 0.3) is 0 Å². The summed E-state index contributed by atoms with van der Waals surface area (Å²) < 4.78 is 5.30. The summed E-state index contributed by atoms with van der Waals surface area (Å²) in [5, 5.41) is 16.4. The van der Waals surface area contributed by atoms with Crippen LogP contribution in [0.15, 0.2) is 36.4 Å². The fourth-order valence-electron chi connectivity index (χ4n) is 4.42. The van der Waals surface area contributed by atoms with Gasteiger partial charge in [-0.25, -0.2) is 4.79 Å². The van der Waals surface area contributed by atoms with E-state index >= 15 is 0 Å². The molecule has 4 amide bonds. The molecule has 0 radical (unpaired) electrons. The molecule has 10 heteroatoms. The van der Waals surface area contributed by atoms with Crippen molar-refractivity contribution < 1.29 is 29.0 Å². The van der Waals surface area contributed by atoms with Crippen molar-refractivity contribution in [2.24, 2.45) is 5.73 Å². The molecule has 2 aromatic rings. The highest BCUT2D eigenvalue weighted by atomic mass is 16.6. The van der Waals surface area contributed by atoms with Gasteiger partial charge in [-0.05, 0) is 71.1 Å². The van der Waals surface area contributed by atoms with Gasteiger partial charge in [0.25, 0.3) is 5.91 Å². The largest absolute Gasteiger partial charge is 0.507 e. The third-order valence-corrected chi connectivity index (χ3v) is 6.41. The molecule has 2 unspecified atom stereocenters. The van der Waals surface area contributed by atoms with Crippen LogP contribution in [0.1, 0.15) is 68.3 Å². The van der Waals surface area contributed by atoms with Crippen LogP contribution < -0.4 is 16.4 Å². The molecule has 0 aliphatic heterocycles. The molecule has 0 bridgehead atoms. The van der Waals surface area contributed by atoms with Gasteiger partial charge in [-0.3, -0.25) is 14.4 Å². The highest BCUT2D eigenvalue weighted by molar-refractivity contribution is 6.01. The molecule has 0 spiro atoms. The zero-order valence-corrected chi connectivity index (χ0v) is 23.3. The third kappa shape index (κ3) is 7.49. The number of aryl methyl sites for hydroxylation is 3. The molecule has 2 atom stereocenters. The first-order valence-electron chi connectivity index (χ1n) is 12.9. The Hall–Kier alpha value is -4.08. The van der Waals surface area contributed by atoms with Crippen molar-refractivity contribution in [2.75, 3.05) is 5.32 Å². The standard InChI is InChI=1S/C29H38N4O6/c1-16-9-7-10-17(2)23(16)32-26(36)24(20-12-8-11-18(3)25(20)35)33(19-13-14-19)27(37)21(15-22(30)34)31-28(38)39-29(4,5)6/h7-12,19,21,24,35H,13-15H2,1-6H3,(H2,30,34)(H,31,38)(H,32,36). The van der Waals surface area contributed by atoms with E-state index in [0.717, 1.165) is 11.1 Å². The predicted molar refractivity (Wildman–Crippen MR) is 147 cm³/mol. The van der Waals surface area contributed by atoms with Crippen molar-refractivity contribution in [3.8, 4) is 5.75 Å². The van der Waals surface area contributed by atoms with Gasteiger partial charge in [0.1, 0.15) is 23.4 Å². The number of aromatic hydroxyl groups is 1. The number of phenolic OH excluding ortho intramolecular Hbond substituents is 1. The summed E-state index contributed by atoms with van der Waals surface area (Å²) in [6.45, 7) is 10.4. The lowest BCUT2D eigenvalue weighted by Gasteiger charge is -2.35. The molecule has 1 saturated carbocycles. The molecular formula is C29H38N4O6. The van der Waals surface area contributed by atoms with E-state index in [-0.39, 0.29) is 17.4 Å². The maximum absolute atomic E-state index is 14.0. The van der Waals surface area contributed by atoms with E-state index < -0.39 is 47.9 Å². The van der Waals surface area contributed by atoms with E-state index in [0.29, 0.717) is 24.1 Å². The summed E-state index contributed by atoms with van der Waals surface area (Å²) in [6, 6.07) is 7.60. The van der Waals surface area contributed by atoms with E-state index in [1.165, 1.54) is 4.90 Å². The third-order valence-electron chi connectivity index (χ3n) is 6.41. The number of anilines is 1. The molecule has 0 saturated heterocycles. The molecule has 39 heavy (non-hydrogen) atoms. The van der Waals surface area contributed by atoms with E-state index in [9.17, 15) is 24.3 Å². The second kappa shape index (κ2) is 11.8. The number of ether oxygens (including phenoxy) is 1.